The van der Waals surface area contributed by atoms with Gasteiger partial charge in [0.15, 0.2) is 5.96 Å². The Labute approximate surface area is 164 Å². The van der Waals surface area contributed by atoms with Crippen LogP contribution < -0.4 is 10.6 Å². The van der Waals surface area contributed by atoms with Crippen molar-refractivity contribution in [2.75, 3.05) is 46.4 Å². The van der Waals surface area contributed by atoms with Crippen LogP contribution in [0, 0.1) is 0 Å². The van der Waals surface area contributed by atoms with E-state index in [1.807, 2.05) is 7.05 Å². The van der Waals surface area contributed by atoms with Crippen LogP contribution in [0.4, 0.5) is 0 Å². The molecule has 6 heteroatoms. The van der Waals surface area contributed by atoms with E-state index in [2.05, 4.69) is 33.5 Å². The predicted octanol–water partition coefficient (Wildman–Crippen LogP) is 2.77. The highest BCUT2D eigenvalue weighted by atomic mass is 127. The Bertz CT molecular complexity index is 400. The van der Waals surface area contributed by atoms with Crippen LogP contribution in [0.15, 0.2) is 16.6 Å². The van der Waals surface area contributed by atoms with E-state index in [-0.39, 0.29) is 24.0 Å². The third kappa shape index (κ3) is 8.16. The van der Waals surface area contributed by atoms with Gasteiger partial charge in [-0.3, -0.25) is 4.99 Å². The lowest BCUT2D eigenvalue weighted by molar-refractivity contribution is 0.153. The predicted molar refractivity (Wildman–Crippen MR) is 112 cm³/mol. The van der Waals surface area contributed by atoms with Gasteiger partial charge in [-0.1, -0.05) is 18.1 Å². The summed E-state index contributed by atoms with van der Waals surface area (Å²) in [5, 5.41) is 6.84. The molecule has 2 aliphatic heterocycles. The van der Waals surface area contributed by atoms with Crippen LogP contribution in [0.5, 0.6) is 0 Å². The van der Waals surface area contributed by atoms with Gasteiger partial charge < -0.3 is 20.3 Å². The van der Waals surface area contributed by atoms with Crippen molar-refractivity contribution in [1.82, 2.24) is 15.5 Å². The Morgan fingerprint density at radius 2 is 2.17 bits per heavy atom. The molecule has 1 saturated heterocycles. The molecule has 0 amide bonds. The number of hydrogen-bond acceptors (Lipinski definition) is 3. The van der Waals surface area contributed by atoms with Crippen molar-refractivity contribution in [2.45, 2.75) is 51.5 Å². The van der Waals surface area contributed by atoms with Gasteiger partial charge in [0, 0.05) is 32.7 Å². The van der Waals surface area contributed by atoms with Gasteiger partial charge in [-0.15, -0.1) is 24.0 Å². The van der Waals surface area contributed by atoms with E-state index >= 15 is 0 Å². The number of rotatable bonds is 7. The molecule has 2 N–H and O–H groups in total. The smallest absolute Gasteiger partial charge is 0.190 e. The molecule has 0 spiro atoms. The molecule has 1 unspecified atom stereocenters. The van der Waals surface area contributed by atoms with E-state index in [4.69, 9.17) is 4.74 Å². The van der Waals surface area contributed by atoms with Gasteiger partial charge in [0.2, 0.25) is 0 Å². The van der Waals surface area contributed by atoms with Crippen LogP contribution in [0.1, 0.15) is 45.4 Å². The van der Waals surface area contributed by atoms with Gasteiger partial charge in [0.1, 0.15) is 0 Å². The molecule has 5 nitrogen and oxygen atoms in total. The standard InChI is InChI=1S/C18H34N4O.HI/c1-16-6-3-4-12-22(16)13-5-10-20-18(19-2)21-11-7-17-8-14-23-15-9-17;/h8,16H,3-7,9-15H2,1-2H3,(H2,19,20,21);1H. The fourth-order valence-electron chi connectivity index (χ4n) is 3.33. The molecule has 0 aromatic carbocycles. The Kier molecular flexibility index (Phi) is 11.7. The summed E-state index contributed by atoms with van der Waals surface area (Å²) in [6, 6.07) is 0.758. The van der Waals surface area contributed by atoms with Crippen LogP contribution in [0.2, 0.25) is 0 Å². The summed E-state index contributed by atoms with van der Waals surface area (Å²) in [6.45, 7) is 8.39. The van der Waals surface area contributed by atoms with Crippen molar-refractivity contribution >= 4 is 29.9 Å². The molecule has 0 saturated carbocycles. The maximum absolute atomic E-state index is 5.33. The van der Waals surface area contributed by atoms with Crippen molar-refractivity contribution in [3.8, 4) is 0 Å². The minimum absolute atomic E-state index is 0. The zero-order valence-corrected chi connectivity index (χ0v) is 17.7. The molecule has 2 heterocycles. The van der Waals surface area contributed by atoms with Gasteiger partial charge >= 0.3 is 0 Å². The van der Waals surface area contributed by atoms with Gasteiger partial charge in [-0.25, -0.2) is 0 Å². The van der Waals surface area contributed by atoms with E-state index in [0.717, 1.165) is 51.1 Å². The number of ether oxygens (including phenoxy) is 1. The van der Waals surface area contributed by atoms with Crippen LogP contribution in [0.3, 0.4) is 0 Å². The number of nitrogens with zero attached hydrogens (tertiary/aromatic N) is 2. The molecule has 2 aliphatic rings. The third-order valence-electron chi connectivity index (χ3n) is 4.87. The number of guanidine groups is 1. The van der Waals surface area contributed by atoms with Crippen LogP contribution in [0.25, 0.3) is 0 Å². The van der Waals surface area contributed by atoms with Crippen LogP contribution in [-0.4, -0.2) is 63.3 Å². The maximum Gasteiger partial charge on any atom is 0.190 e. The fourth-order valence-corrected chi connectivity index (χ4v) is 3.33. The highest BCUT2D eigenvalue weighted by molar-refractivity contribution is 14.0. The van der Waals surface area contributed by atoms with Crippen molar-refractivity contribution in [1.29, 1.82) is 0 Å². The van der Waals surface area contributed by atoms with E-state index in [1.54, 1.807) is 0 Å². The monoisotopic (exact) mass is 450 g/mol. The second-order valence-corrected chi connectivity index (χ2v) is 6.60. The van der Waals surface area contributed by atoms with Crippen LogP contribution >= 0.6 is 24.0 Å². The summed E-state index contributed by atoms with van der Waals surface area (Å²) >= 11 is 0. The van der Waals surface area contributed by atoms with Crippen molar-refractivity contribution in [2.24, 2.45) is 4.99 Å². The second-order valence-electron chi connectivity index (χ2n) is 6.60. The molecular weight excluding hydrogens is 415 g/mol. The number of aliphatic imine (C=N–C) groups is 1. The zero-order valence-electron chi connectivity index (χ0n) is 15.4. The van der Waals surface area contributed by atoms with Crippen LogP contribution in [-0.2, 0) is 4.74 Å². The minimum atomic E-state index is 0. The summed E-state index contributed by atoms with van der Waals surface area (Å²) in [6.07, 6.45) is 9.65. The third-order valence-corrected chi connectivity index (χ3v) is 4.87. The maximum atomic E-state index is 5.33. The summed E-state index contributed by atoms with van der Waals surface area (Å²) in [7, 11) is 1.84. The number of piperidine rings is 1. The lowest BCUT2D eigenvalue weighted by Crippen LogP contribution is -2.41. The first kappa shape index (κ1) is 21.7. The number of halogens is 1. The molecule has 0 aromatic heterocycles. The zero-order chi connectivity index (χ0) is 16.3. The SMILES string of the molecule is CN=C(NCCCN1CCCCC1C)NCCC1=CCOCC1.I. The van der Waals surface area contributed by atoms with Gasteiger partial charge in [-0.2, -0.15) is 0 Å². The molecule has 0 radical (unpaired) electrons. The summed E-state index contributed by atoms with van der Waals surface area (Å²) in [5.41, 5.74) is 1.50. The normalized spacial score (nSPS) is 22.5. The highest BCUT2D eigenvalue weighted by Crippen LogP contribution is 2.16. The average Bonchev–Trinajstić information content (AvgIpc) is 2.59. The van der Waals surface area contributed by atoms with Crippen molar-refractivity contribution in [3.63, 3.8) is 0 Å². The largest absolute Gasteiger partial charge is 0.377 e. The molecule has 0 aliphatic carbocycles. The average molecular weight is 450 g/mol. The van der Waals surface area contributed by atoms with Gasteiger partial charge in [0.05, 0.1) is 13.2 Å². The first-order valence-corrected chi connectivity index (χ1v) is 9.24. The first-order valence-electron chi connectivity index (χ1n) is 9.24. The summed E-state index contributed by atoms with van der Waals surface area (Å²) in [5.74, 6) is 0.921. The quantitative estimate of drug-likeness (QED) is 0.206. The molecule has 1 fully saturated rings. The number of likely N-dealkylation sites (tertiary alicyclic amines) is 1. The van der Waals surface area contributed by atoms with Gasteiger partial charge in [0.25, 0.3) is 0 Å². The number of hydrogen-bond donors (Lipinski definition) is 2. The van der Waals surface area contributed by atoms with Crippen molar-refractivity contribution < 1.29 is 4.74 Å². The molecule has 2 rings (SSSR count). The minimum Gasteiger partial charge on any atom is -0.377 e. The van der Waals surface area contributed by atoms with E-state index in [0.29, 0.717) is 0 Å². The van der Waals surface area contributed by atoms with E-state index in [9.17, 15) is 0 Å². The molecule has 140 valence electrons. The molecule has 1 atom stereocenters. The Morgan fingerprint density at radius 3 is 2.88 bits per heavy atom. The molecule has 0 aromatic rings. The lowest BCUT2D eigenvalue weighted by Gasteiger charge is -2.33. The summed E-state index contributed by atoms with van der Waals surface area (Å²) < 4.78 is 5.33. The van der Waals surface area contributed by atoms with E-state index in [1.165, 1.54) is 44.3 Å². The summed E-state index contributed by atoms with van der Waals surface area (Å²) in [4.78, 5) is 6.93. The van der Waals surface area contributed by atoms with Crippen molar-refractivity contribution in [3.05, 3.63) is 11.6 Å². The highest BCUT2D eigenvalue weighted by Gasteiger charge is 2.17. The Hall–Kier alpha value is -0.340. The first-order chi connectivity index (χ1) is 11.3. The lowest BCUT2D eigenvalue weighted by atomic mass is 10.0. The topological polar surface area (TPSA) is 48.9 Å². The second kappa shape index (κ2) is 12.9. The van der Waals surface area contributed by atoms with E-state index < -0.39 is 0 Å². The molecular formula is C18H35IN4O. The molecule has 0 bridgehead atoms. The fraction of sp³-hybridized carbons (Fsp3) is 0.833. The Balaban J connectivity index is 0.00000288. The van der Waals surface area contributed by atoms with Gasteiger partial charge in [-0.05, 0) is 45.6 Å². The Morgan fingerprint density at radius 1 is 1.33 bits per heavy atom. The number of nitrogens with one attached hydrogen (secondary N) is 2. The molecule has 24 heavy (non-hydrogen) atoms.